The monoisotopic (exact) mass is 289 g/mol. The predicted octanol–water partition coefficient (Wildman–Crippen LogP) is -0.586. The van der Waals surface area contributed by atoms with Crippen LogP contribution < -0.4 is 11.1 Å². The van der Waals surface area contributed by atoms with Gasteiger partial charge in [-0.05, 0) is 17.5 Å². The van der Waals surface area contributed by atoms with E-state index in [0.29, 0.717) is 26.1 Å². The highest BCUT2D eigenvalue weighted by atomic mass is 16.5. The van der Waals surface area contributed by atoms with Crippen molar-refractivity contribution in [3.05, 3.63) is 35.4 Å². The third kappa shape index (κ3) is 2.77. The molecule has 0 spiro atoms. The van der Waals surface area contributed by atoms with Crippen molar-refractivity contribution in [3.63, 3.8) is 0 Å². The molecule has 0 bridgehead atoms. The molecule has 0 aliphatic carbocycles. The number of nitrogens with zero attached hydrogens (tertiary/aromatic N) is 1. The maximum absolute atomic E-state index is 12.7. The van der Waals surface area contributed by atoms with E-state index >= 15 is 0 Å². The summed E-state index contributed by atoms with van der Waals surface area (Å²) in [6.07, 6.45) is 0.637. The molecular weight excluding hydrogens is 270 g/mol. The van der Waals surface area contributed by atoms with Crippen molar-refractivity contribution in [3.8, 4) is 0 Å². The van der Waals surface area contributed by atoms with Crippen LogP contribution in [0, 0.1) is 0 Å². The molecule has 2 heterocycles. The lowest BCUT2D eigenvalue weighted by Gasteiger charge is -2.37. The molecule has 2 aliphatic heterocycles. The number of benzene rings is 1. The molecule has 2 aliphatic rings. The maximum atomic E-state index is 12.7. The van der Waals surface area contributed by atoms with Gasteiger partial charge in [0, 0.05) is 13.1 Å². The van der Waals surface area contributed by atoms with E-state index < -0.39 is 11.9 Å². The normalized spacial score (nSPS) is 25.2. The highest BCUT2D eigenvalue weighted by molar-refractivity contribution is 5.89. The van der Waals surface area contributed by atoms with Crippen molar-refractivity contribution in [1.82, 2.24) is 10.2 Å². The number of rotatable bonds is 2. The summed E-state index contributed by atoms with van der Waals surface area (Å²) >= 11 is 0. The van der Waals surface area contributed by atoms with Crippen LogP contribution in [0.4, 0.5) is 0 Å². The van der Waals surface area contributed by atoms with E-state index in [0.717, 1.165) is 0 Å². The van der Waals surface area contributed by atoms with Gasteiger partial charge >= 0.3 is 0 Å². The van der Waals surface area contributed by atoms with Crippen molar-refractivity contribution in [1.29, 1.82) is 0 Å². The van der Waals surface area contributed by atoms with Crippen LogP contribution in [0.25, 0.3) is 0 Å². The molecule has 1 fully saturated rings. The second-order valence-corrected chi connectivity index (χ2v) is 5.43. The zero-order chi connectivity index (χ0) is 14.8. The molecule has 1 saturated heterocycles. The maximum Gasteiger partial charge on any atom is 0.242 e. The quantitative estimate of drug-likeness (QED) is 0.762. The Balaban J connectivity index is 1.75. The van der Waals surface area contributed by atoms with Crippen LogP contribution >= 0.6 is 0 Å². The smallest absolute Gasteiger partial charge is 0.242 e. The van der Waals surface area contributed by atoms with Gasteiger partial charge in [-0.15, -0.1) is 0 Å². The van der Waals surface area contributed by atoms with Crippen molar-refractivity contribution in [2.75, 3.05) is 19.8 Å². The highest BCUT2D eigenvalue weighted by Crippen LogP contribution is 2.19. The molecule has 3 N–H and O–H groups in total. The summed E-state index contributed by atoms with van der Waals surface area (Å²) in [4.78, 5) is 25.7. The Bertz CT molecular complexity index is 561. The molecular formula is C15H19N3O3. The Labute approximate surface area is 123 Å². The van der Waals surface area contributed by atoms with E-state index in [4.69, 9.17) is 10.5 Å². The minimum atomic E-state index is -0.662. The molecule has 21 heavy (non-hydrogen) atoms. The molecule has 2 unspecified atom stereocenters. The van der Waals surface area contributed by atoms with E-state index in [-0.39, 0.29) is 18.6 Å². The second-order valence-electron chi connectivity index (χ2n) is 5.43. The Kier molecular flexibility index (Phi) is 3.90. The number of nitrogens with two attached hydrogens (primary N) is 1. The first-order chi connectivity index (χ1) is 10.2. The number of carbonyl (C=O) groups excluding carboxylic acids is 2. The predicted molar refractivity (Wildman–Crippen MR) is 76.3 cm³/mol. The van der Waals surface area contributed by atoms with E-state index in [1.54, 1.807) is 4.90 Å². The average Bonchev–Trinajstić information content (AvgIpc) is 2.53. The number of nitrogens with one attached hydrogen (secondary N) is 1. The van der Waals surface area contributed by atoms with Gasteiger partial charge in [0.15, 0.2) is 0 Å². The fraction of sp³-hybridized carbons (Fsp3) is 0.467. The van der Waals surface area contributed by atoms with Crippen LogP contribution in [-0.4, -0.2) is 48.6 Å². The number of amides is 2. The summed E-state index contributed by atoms with van der Waals surface area (Å²) in [6, 6.07) is 7.11. The summed E-state index contributed by atoms with van der Waals surface area (Å²) in [7, 11) is 0. The number of ether oxygens (including phenoxy) is 1. The Morgan fingerprint density at radius 3 is 2.81 bits per heavy atom. The van der Waals surface area contributed by atoms with E-state index in [2.05, 4.69) is 11.4 Å². The van der Waals surface area contributed by atoms with E-state index in [1.165, 1.54) is 11.1 Å². The number of hydrogen-bond donors (Lipinski definition) is 2. The Morgan fingerprint density at radius 1 is 1.29 bits per heavy atom. The van der Waals surface area contributed by atoms with Gasteiger partial charge in [-0.3, -0.25) is 9.59 Å². The van der Waals surface area contributed by atoms with Crippen molar-refractivity contribution >= 4 is 11.8 Å². The number of fused-ring (bicyclic) bond motifs is 1. The van der Waals surface area contributed by atoms with E-state index in [9.17, 15) is 9.59 Å². The van der Waals surface area contributed by atoms with Crippen molar-refractivity contribution in [2.24, 2.45) is 5.73 Å². The lowest BCUT2D eigenvalue weighted by molar-refractivity contribution is -0.148. The van der Waals surface area contributed by atoms with Crippen molar-refractivity contribution in [2.45, 2.75) is 25.0 Å². The molecule has 0 aromatic heterocycles. The number of hydrogen-bond acceptors (Lipinski definition) is 4. The zero-order valence-corrected chi connectivity index (χ0v) is 11.7. The number of primary amides is 1. The van der Waals surface area contributed by atoms with Crippen LogP contribution in [0.5, 0.6) is 0 Å². The topological polar surface area (TPSA) is 84.7 Å². The van der Waals surface area contributed by atoms with Crippen LogP contribution in [0.1, 0.15) is 11.1 Å². The van der Waals surface area contributed by atoms with Gasteiger partial charge in [0.25, 0.3) is 0 Å². The van der Waals surface area contributed by atoms with Crippen LogP contribution in [-0.2, 0) is 27.3 Å². The molecule has 0 saturated carbocycles. The molecule has 6 nitrogen and oxygen atoms in total. The van der Waals surface area contributed by atoms with Gasteiger partial charge < -0.3 is 20.7 Å². The van der Waals surface area contributed by atoms with Gasteiger partial charge in [-0.25, -0.2) is 0 Å². The molecule has 3 rings (SSSR count). The molecule has 112 valence electrons. The van der Waals surface area contributed by atoms with Crippen LogP contribution in [0.2, 0.25) is 0 Å². The molecule has 1 aromatic carbocycles. The molecule has 1 aromatic rings. The largest absolute Gasteiger partial charge is 0.377 e. The summed E-state index contributed by atoms with van der Waals surface area (Å²) in [6.45, 7) is 1.70. The molecule has 2 amide bonds. The summed E-state index contributed by atoms with van der Waals surface area (Å²) < 4.78 is 5.25. The van der Waals surface area contributed by atoms with Crippen molar-refractivity contribution < 1.29 is 14.3 Å². The fourth-order valence-corrected chi connectivity index (χ4v) is 2.93. The van der Waals surface area contributed by atoms with Crippen LogP contribution in [0.3, 0.4) is 0 Å². The third-order valence-corrected chi connectivity index (χ3v) is 4.12. The Morgan fingerprint density at radius 2 is 2.05 bits per heavy atom. The van der Waals surface area contributed by atoms with Gasteiger partial charge in [-0.2, -0.15) is 0 Å². The first kappa shape index (κ1) is 14.0. The van der Waals surface area contributed by atoms with E-state index in [1.807, 2.05) is 18.2 Å². The second kappa shape index (κ2) is 5.83. The number of carbonyl (C=O) groups is 2. The Hall–Kier alpha value is -1.92. The SMILES string of the molecule is NC(=O)C1COCCN1C(=O)C1Cc2ccccc2CN1. The first-order valence-electron chi connectivity index (χ1n) is 7.14. The average molecular weight is 289 g/mol. The summed E-state index contributed by atoms with van der Waals surface area (Å²) in [5, 5.41) is 3.25. The fourth-order valence-electron chi connectivity index (χ4n) is 2.93. The van der Waals surface area contributed by atoms with Gasteiger partial charge in [-0.1, -0.05) is 24.3 Å². The first-order valence-corrected chi connectivity index (χ1v) is 7.14. The van der Waals surface area contributed by atoms with Crippen LogP contribution in [0.15, 0.2) is 24.3 Å². The summed E-state index contributed by atoms with van der Waals surface area (Å²) in [5.74, 6) is -0.587. The van der Waals surface area contributed by atoms with Gasteiger partial charge in [0.05, 0.1) is 19.3 Å². The minimum Gasteiger partial charge on any atom is -0.377 e. The minimum absolute atomic E-state index is 0.0726. The lowest BCUT2D eigenvalue weighted by atomic mass is 9.95. The zero-order valence-electron chi connectivity index (χ0n) is 11.7. The lowest BCUT2D eigenvalue weighted by Crippen LogP contribution is -2.59. The standard InChI is InChI=1S/C15H19N3O3/c16-14(19)13-9-21-6-5-18(13)15(20)12-7-10-3-1-2-4-11(10)8-17-12/h1-4,12-13,17H,5-9H2,(H2,16,19). The number of morpholine rings is 1. The third-order valence-electron chi connectivity index (χ3n) is 4.12. The molecule has 2 atom stereocenters. The molecule has 6 heteroatoms. The molecule has 0 radical (unpaired) electrons. The van der Waals surface area contributed by atoms with Gasteiger partial charge in [0.1, 0.15) is 6.04 Å². The van der Waals surface area contributed by atoms with Gasteiger partial charge in [0.2, 0.25) is 11.8 Å². The summed E-state index contributed by atoms with van der Waals surface area (Å²) in [5.41, 5.74) is 7.76. The highest BCUT2D eigenvalue weighted by Gasteiger charge is 2.36.